The van der Waals surface area contributed by atoms with Gasteiger partial charge in [-0.2, -0.15) is 0 Å². The van der Waals surface area contributed by atoms with E-state index in [1.165, 1.54) is 0 Å². The van der Waals surface area contributed by atoms with Gasteiger partial charge in [-0.3, -0.25) is 9.69 Å². The maximum Gasteiger partial charge on any atom is 0.238 e. The van der Waals surface area contributed by atoms with Crippen LogP contribution in [0.25, 0.3) is 0 Å². The number of nitrogens with zero attached hydrogens (tertiary/aromatic N) is 1. The average molecular weight is 317 g/mol. The third-order valence-electron chi connectivity index (χ3n) is 4.77. The van der Waals surface area contributed by atoms with E-state index < -0.39 is 0 Å². The number of carbonyl (C=O) groups excluding carboxylic acids is 1. The first-order valence-electron chi connectivity index (χ1n) is 8.47. The van der Waals surface area contributed by atoms with Gasteiger partial charge in [0.1, 0.15) is 0 Å². The van der Waals surface area contributed by atoms with Crippen LogP contribution < -0.4 is 11.1 Å². The minimum atomic E-state index is 0.00373. The van der Waals surface area contributed by atoms with E-state index in [-0.39, 0.29) is 22.8 Å². The topological polar surface area (TPSA) is 58.4 Å². The van der Waals surface area contributed by atoms with E-state index in [4.69, 9.17) is 5.73 Å². The van der Waals surface area contributed by atoms with Crippen molar-refractivity contribution in [3.05, 3.63) is 29.8 Å². The fourth-order valence-electron chi connectivity index (χ4n) is 3.26. The molecule has 1 aromatic carbocycles. The van der Waals surface area contributed by atoms with Crippen molar-refractivity contribution in [2.75, 3.05) is 25.0 Å². The summed E-state index contributed by atoms with van der Waals surface area (Å²) in [4.78, 5) is 14.7. The van der Waals surface area contributed by atoms with Gasteiger partial charge < -0.3 is 11.1 Å². The smallest absolute Gasteiger partial charge is 0.238 e. The molecule has 1 unspecified atom stereocenters. The molecule has 4 heteroatoms. The van der Waals surface area contributed by atoms with E-state index in [2.05, 4.69) is 50.9 Å². The zero-order valence-corrected chi connectivity index (χ0v) is 15.1. The Balaban J connectivity index is 2.01. The van der Waals surface area contributed by atoms with E-state index >= 15 is 0 Å². The monoisotopic (exact) mass is 317 g/mol. The van der Waals surface area contributed by atoms with Crippen molar-refractivity contribution in [2.45, 2.75) is 52.5 Å². The molecule has 3 N–H and O–H groups in total. The molecule has 4 nitrogen and oxygen atoms in total. The highest BCUT2D eigenvalue weighted by atomic mass is 16.2. The van der Waals surface area contributed by atoms with Gasteiger partial charge in [0.05, 0.1) is 6.54 Å². The molecule has 0 radical (unpaired) electrons. The van der Waals surface area contributed by atoms with Crippen LogP contribution in [0.4, 0.5) is 5.69 Å². The zero-order chi connectivity index (χ0) is 17.3. The third kappa shape index (κ3) is 4.55. The number of likely N-dealkylation sites (tertiary alicyclic amines) is 1. The van der Waals surface area contributed by atoms with E-state index in [0.717, 1.165) is 30.8 Å². The number of carbonyl (C=O) groups is 1. The Morgan fingerprint density at radius 3 is 2.61 bits per heavy atom. The summed E-state index contributed by atoms with van der Waals surface area (Å²) in [5.41, 5.74) is 8.31. The van der Waals surface area contributed by atoms with E-state index in [1.54, 1.807) is 0 Å². The molecule has 1 aromatic rings. The summed E-state index contributed by atoms with van der Waals surface area (Å²) in [5, 5.41) is 3.09. The Morgan fingerprint density at radius 2 is 2.00 bits per heavy atom. The molecule has 0 aliphatic carbocycles. The van der Waals surface area contributed by atoms with Gasteiger partial charge in [-0.25, -0.2) is 0 Å². The van der Waals surface area contributed by atoms with Crippen molar-refractivity contribution in [3.8, 4) is 0 Å². The van der Waals surface area contributed by atoms with Crippen molar-refractivity contribution in [2.24, 2.45) is 11.1 Å². The Bertz CT molecular complexity index is 560. The lowest BCUT2D eigenvalue weighted by Gasteiger charge is -2.42. The Hall–Kier alpha value is -1.39. The largest absolute Gasteiger partial charge is 0.327 e. The van der Waals surface area contributed by atoms with Gasteiger partial charge in [0, 0.05) is 24.8 Å². The van der Waals surface area contributed by atoms with Gasteiger partial charge in [-0.05, 0) is 28.9 Å². The van der Waals surface area contributed by atoms with Gasteiger partial charge >= 0.3 is 0 Å². The highest BCUT2D eigenvalue weighted by Gasteiger charge is 2.34. The van der Waals surface area contributed by atoms with Crippen LogP contribution in [0.3, 0.4) is 0 Å². The number of piperidine rings is 1. The lowest BCUT2D eigenvalue weighted by molar-refractivity contribution is -0.118. The number of nitrogens with two attached hydrogens (primary N) is 1. The maximum absolute atomic E-state index is 12.5. The number of nitrogens with one attached hydrogen (secondary N) is 1. The lowest BCUT2D eigenvalue weighted by Crippen LogP contribution is -2.53. The molecule has 1 amide bonds. The number of amides is 1. The summed E-state index contributed by atoms with van der Waals surface area (Å²) in [6, 6.07) is 8.26. The molecular formula is C19H31N3O. The second-order valence-electron chi connectivity index (χ2n) is 8.44. The third-order valence-corrected chi connectivity index (χ3v) is 4.77. The fraction of sp³-hybridized carbons (Fsp3) is 0.632. The summed E-state index contributed by atoms with van der Waals surface area (Å²) in [7, 11) is 0. The maximum atomic E-state index is 12.5. The van der Waals surface area contributed by atoms with Crippen molar-refractivity contribution in [1.82, 2.24) is 4.90 Å². The predicted octanol–water partition coefficient (Wildman–Crippen LogP) is 2.98. The number of rotatable bonds is 3. The molecule has 23 heavy (non-hydrogen) atoms. The molecule has 0 spiro atoms. The fourth-order valence-corrected chi connectivity index (χ4v) is 3.26. The first-order chi connectivity index (χ1) is 10.6. The van der Waals surface area contributed by atoms with Crippen molar-refractivity contribution in [3.63, 3.8) is 0 Å². The summed E-state index contributed by atoms with van der Waals surface area (Å²) in [6.07, 6.45) is 0.943. The minimum absolute atomic E-state index is 0.00373. The Labute approximate surface area is 140 Å². The molecule has 0 aromatic heterocycles. The Kier molecular flexibility index (Phi) is 5.17. The van der Waals surface area contributed by atoms with Crippen LogP contribution in [0.5, 0.6) is 0 Å². The SMILES string of the molecule is CC(C)(C)c1ccccc1NC(=O)CN1CCC(N)C(C)(C)C1. The van der Waals surface area contributed by atoms with Gasteiger partial charge in [0.15, 0.2) is 0 Å². The Morgan fingerprint density at radius 1 is 1.35 bits per heavy atom. The van der Waals surface area contributed by atoms with Crippen LogP contribution in [0.15, 0.2) is 24.3 Å². The zero-order valence-electron chi connectivity index (χ0n) is 15.1. The molecule has 1 aliphatic heterocycles. The molecule has 1 saturated heterocycles. The van der Waals surface area contributed by atoms with Crippen LogP contribution in [0.2, 0.25) is 0 Å². The number of anilines is 1. The standard InChI is InChI=1S/C19H31N3O/c1-18(2,3)14-8-6-7-9-15(14)21-17(23)12-22-11-10-16(20)19(4,5)13-22/h6-9,16H,10-13,20H2,1-5H3,(H,21,23). The van der Waals surface area contributed by atoms with Crippen molar-refractivity contribution < 1.29 is 4.79 Å². The summed E-state index contributed by atoms with van der Waals surface area (Å²) >= 11 is 0. The highest BCUT2D eigenvalue weighted by Crippen LogP contribution is 2.30. The van der Waals surface area contributed by atoms with Crippen LogP contribution in [0, 0.1) is 5.41 Å². The number of hydrogen-bond donors (Lipinski definition) is 2. The first kappa shape index (κ1) is 18.0. The molecule has 1 fully saturated rings. The molecule has 1 aliphatic rings. The van der Waals surface area contributed by atoms with E-state index in [9.17, 15) is 4.79 Å². The predicted molar refractivity (Wildman–Crippen MR) is 96.6 cm³/mol. The average Bonchev–Trinajstić information content (AvgIpc) is 2.42. The second-order valence-corrected chi connectivity index (χ2v) is 8.44. The van der Waals surface area contributed by atoms with E-state index in [0.29, 0.717) is 6.54 Å². The number of hydrogen-bond acceptors (Lipinski definition) is 3. The molecular weight excluding hydrogens is 286 g/mol. The van der Waals surface area contributed by atoms with Crippen LogP contribution in [-0.4, -0.2) is 36.5 Å². The summed E-state index contributed by atoms with van der Waals surface area (Å²) < 4.78 is 0. The van der Waals surface area contributed by atoms with Gasteiger partial charge in [-0.1, -0.05) is 52.8 Å². The normalized spacial score (nSPS) is 21.9. The molecule has 2 rings (SSSR count). The minimum Gasteiger partial charge on any atom is -0.327 e. The van der Waals surface area contributed by atoms with Gasteiger partial charge in [-0.15, -0.1) is 0 Å². The molecule has 1 atom stereocenters. The van der Waals surface area contributed by atoms with Crippen LogP contribution in [0.1, 0.15) is 46.6 Å². The van der Waals surface area contributed by atoms with Crippen LogP contribution in [-0.2, 0) is 10.2 Å². The molecule has 0 saturated carbocycles. The summed E-state index contributed by atoms with van der Waals surface area (Å²) in [5.74, 6) is 0.0490. The summed E-state index contributed by atoms with van der Waals surface area (Å²) in [6.45, 7) is 13.0. The quantitative estimate of drug-likeness (QED) is 0.901. The van der Waals surface area contributed by atoms with Crippen molar-refractivity contribution in [1.29, 1.82) is 0 Å². The molecule has 1 heterocycles. The first-order valence-corrected chi connectivity index (χ1v) is 8.47. The van der Waals surface area contributed by atoms with Crippen molar-refractivity contribution >= 4 is 11.6 Å². The van der Waals surface area contributed by atoms with Gasteiger partial charge in [0.2, 0.25) is 5.91 Å². The van der Waals surface area contributed by atoms with Crippen LogP contribution >= 0.6 is 0 Å². The van der Waals surface area contributed by atoms with Gasteiger partial charge in [0.25, 0.3) is 0 Å². The number of benzene rings is 1. The molecule has 0 bridgehead atoms. The second kappa shape index (κ2) is 6.62. The lowest BCUT2D eigenvalue weighted by atomic mass is 9.80. The highest BCUT2D eigenvalue weighted by molar-refractivity contribution is 5.93. The number of para-hydroxylation sites is 1. The molecule has 128 valence electrons. The van der Waals surface area contributed by atoms with E-state index in [1.807, 2.05) is 18.2 Å².